The highest BCUT2D eigenvalue weighted by Gasteiger charge is 2.51. The molecule has 45 heavy (non-hydrogen) atoms. The summed E-state index contributed by atoms with van der Waals surface area (Å²) in [6, 6.07) is 53.3. The van der Waals surface area contributed by atoms with E-state index < -0.39 is 11.4 Å². The molecule has 8 rings (SSSR count). The fourth-order valence-electron chi connectivity index (χ4n) is 7.02. The van der Waals surface area contributed by atoms with E-state index in [1.54, 1.807) is 30.3 Å². The standard InChI is InChI=1S/C41H26N2O2/c42-27-29(40(44)45-31-15-5-2-6-16-31)25-28-23-24-39-37(26-28)41(34-19-9-7-17-32(34)33-18-8-10-20-35(33)41)36-21-11-12-22-38(36)43(39)30-13-3-1-4-14-30/h1-26H/b29-25+. The van der Waals surface area contributed by atoms with E-state index in [4.69, 9.17) is 4.74 Å². The normalized spacial score (nSPS) is 13.7. The lowest BCUT2D eigenvalue weighted by atomic mass is 9.64. The van der Waals surface area contributed by atoms with Gasteiger partial charge in [-0.05, 0) is 87.5 Å². The summed E-state index contributed by atoms with van der Waals surface area (Å²) < 4.78 is 5.52. The van der Waals surface area contributed by atoms with E-state index in [0.29, 0.717) is 5.75 Å². The Hall–Kier alpha value is -6.18. The summed E-state index contributed by atoms with van der Waals surface area (Å²) >= 11 is 0. The first-order chi connectivity index (χ1) is 22.2. The van der Waals surface area contributed by atoms with Crippen molar-refractivity contribution >= 4 is 29.1 Å². The molecule has 0 radical (unpaired) electrons. The van der Waals surface area contributed by atoms with E-state index >= 15 is 0 Å². The molecule has 4 heteroatoms. The number of hydrogen-bond donors (Lipinski definition) is 0. The van der Waals surface area contributed by atoms with Crippen LogP contribution in [0.4, 0.5) is 17.1 Å². The zero-order valence-electron chi connectivity index (χ0n) is 24.2. The van der Waals surface area contributed by atoms with E-state index in [-0.39, 0.29) is 5.57 Å². The van der Waals surface area contributed by atoms with Gasteiger partial charge < -0.3 is 9.64 Å². The molecule has 0 saturated heterocycles. The third kappa shape index (κ3) is 4.02. The topological polar surface area (TPSA) is 53.3 Å². The number of benzene rings is 6. The van der Waals surface area contributed by atoms with Crippen LogP contribution in [0.3, 0.4) is 0 Å². The van der Waals surface area contributed by atoms with Crippen molar-refractivity contribution in [3.05, 3.63) is 185 Å². The highest BCUT2D eigenvalue weighted by atomic mass is 16.5. The minimum atomic E-state index is -0.691. The van der Waals surface area contributed by atoms with Crippen molar-refractivity contribution in [1.82, 2.24) is 0 Å². The Kier molecular flexibility index (Phi) is 6.18. The van der Waals surface area contributed by atoms with Crippen LogP contribution in [-0.2, 0) is 10.2 Å². The van der Waals surface area contributed by atoms with Crippen LogP contribution in [0.25, 0.3) is 17.2 Å². The molecule has 1 aliphatic heterocycles. The maximum atomic E-state index is 13.1. The fraction of sp³-hybridized carbons (Fsp3) is 0.0244. The van der Waals surface area contributed by atoms with Crippen molar-refractivity contribution in [2.24, 2.45) is 0 Å². The molecule has 0 fully saturated rings. The van der Waals surface area contributed by atoms with E-state index in [9.17, 15) is 10.1 Å². The van der Waals surface area contributed by atoms with Crippen LogP contribution in [0.1, 0.15) is 27.8 Å². The van der Waals surface area contributed by atoms with Crippen LogP contribution >= 0.6 is 0 Å². The summed E-state index contributed by atoms with van der Waals surface area (Å²) in [4.78, 5) is 15.4. The lowest BCUT2D eigenvalue weighted by Gasteiger charge is -2.45. The van der Waals surface area contributed by atoms with Gasteiger partial charge in [0.15, 0.2) is 0 Å². The fourth-order valence-corrected chi connectivity index (χ4v) is 7.02. The van der Waals surface area contributed by atoms with Gasteiger partial charge in [-0.25, -0.2) is 4.79 Å². The number of rotatable bonds is 4. The van der Waals surface area contributed by atoms with Gasteiger partial charge in [-0.3, -0.25) is 0 Å². The number of para-hydroxylation sites is 3. The summed E-state index contributed by atoms with van der Waals surface area (Å²) in [7, 11) is 0. The molecule has 0 bridgehead atoms. The Morgan fingerprint density at radius 2 is 1.18 bits per heavy atom. The van der Waals surface area contributed by atoms with Crippen molar-refractivity contribution < 1.29 is 9.53 Å². The third-order valence-corrected chi connectivity index (χ3v) is 8.79. The zero-order valence-corrected chi connectivity index (χ0v) is 24.2. The molecule has 0 amide bonds. The van der Waals surface area contributed by atoms with Crippen molar-refractivity contribution in [2.75, 3.05) is 4.90 Å². The minimum absolute atomic E-state index is 0.0730. The number of carbonyl (C=O) groups excluding carboxylic acids is 1. The van der Waals surface area contributed by atoms with Gasteiger partial charge in [-0.2, -0.15) is 5.26 Å². The summed E-state index contributed by atoms with van der Waals surface area (Å²) in [5, 5.41) is 10.0. The Labute approximate surface area is 261 Å². The van der Waals surface area contributed by atoms with Crippen molar-refractivity contribution in [3.63, 3.8) is 0 Å². The smallest absolute Gasteiger partial charge is 0.354 e. The highest BCUT2D eigenvalue weighted by Crippen LogP contribution is 2.63. The molecule has 6 aromatic rings. The van der Waals surface area contributed by atoms with Crippen LogP contribution in [-0.4, -0.2) is 5.97 Å². The average Bonchev–Trinajstić information content (AvgIpc) is 3.39. The number of esters is 1. The second-order valence-corrected chi connectivity index (χ2v) is 11.2. The molecule has 212 valence electrons. The molecule has 6 aromatic carbocycles. The number of nitriles is 1. The van der Waals surface area contributed by atoms with E-state index in [0.717, 1.165) is 28.2 Å². The summed E-state index contributed by atoms with van der Waals surface area (Å²) in [6.07, 6.45) is 1.62. The predicted octanol–water partition coefficient (Wildman–Crippen LogP) is 9.35. The van der Waals surface area contributed by atoms with Crippen LogP contribution in [0.5, 0.6) is 5.75 Å². The highest BCUT2D eigenvalue weighted by molar-refractivity contribution is 6.00. The Balaban J connectivity index is 1.40. The van der Waals surface area contributed by atoms with Crippen molar-refractivity contribution in [3.8, 4) is 22.9 Å². The summed E-state index contributed by atoms with van der Waals surface area (Å²) in [5.41, 5.74) is 10.3. The molecular weight excluding hydrogens is 552 g/mol. The molecule has 2 aliphatic rings. The molecule has 0 N–H and O–H groups in total. The van der Waals surface area contributed by atoms with Crippen molar-refractivity contribution in [2.45, 2.75) is 5.41 Å². The first-order valence-corrected chi connectivity index (χ1v) is 14.9. The number of hydrogen-bond acceptors (Lipinski definition) is 4. The Bertz CT molecular complexity index is 2130. The summed E-state index contributed by atoms with van der Waals surface area (Å²) in [5.74, 6) is -0.300. The first kappa shape index (κ1) is 26.4. The maximum Gasteiger partial charge on any atom is 0.354 e. The lowest BCUT2D eigenvalue weighted by molar-refractivity contribution is -0.129. The van der Waals surface area contributed by atoms with Crippen LogP contribution in [0, 0.1) is 11.3 Å². The number of fused-ring (bicyclic) bond motifs is 9. The lowest BCUT2D eigenvalue weighted by Crippen LogP contribution is -2.36. The second-order valence-electron chi connectivity index (χ2n) is 11.2. The number of carbonyl (C=O) groups is 1. The van der Waals surface area contributed by atoms with Crippen molar-refractivity contribution in [1.29, 1.82) is 5.26 Å². The van der Waals surface area contributed by atoms with Gasteiger partial charge in [0.25, 0.3) is 0 Å². The second kappa shape index (κ2) is 10.5. The van der Waals surface area contributed by atoms with Gasteiger partial charge in [0.1, 0.15) is 17.4 Å². The van der Waals surface area contributed by atoms with Gasteiger partial charge >= 0.3 is 5.97 Å². The number of ether oxygens (including phenoxy) is 1. The number of nitrogens with zero attached hydrogens (tertiary/aromatic N) is 2. The molecule has 4 nitrogen and oxygen atoms in total. The van der Waals surface area contributed by atoms with Crippen LogP contribution in [0.15, 0.2) is 157 Å². The quantitative estimate of drug-likeness (QED) is 0.0904. The molecule has 0 saturated carbocycles. The molecular formula is C41H26N2O2. The van der Waals surface area contributed by atoms with Crippen LogP contribution in [0.2, 0.25) is 0 Å². The third-order valence-electron chi connectivity index (χ3n) is 8.79. The van der Waals surface area contributed by atoms with Gasteiger partial charge in [0, 0.05) is 5.69 Å². The monoisotopic (exact) mass is 578 g/mol. The predicted molar refractivity (Wildman–Crippen MR) is 178 cm³/mol. The summed E-state index contributed by atoms with van der Waals surface area (Å²) in [6.45, 7) is 0. The minimum Gasteiger partial charge on any atom is -0.422 e. The molecule has 1 aliphatic carbocycles. The molecule has 0 aromatic heterocycles. The van der Waals surface area contributed by atoms with E-state index in [1.807, 2.05) is 18.2 Å². The zero-order chi connectivity index (χ0) is 30.4. The largest absolute Gasteiger partial charge is 0.422 e. The molecule has 1 spiro atoms. The Morgan fingerprint density at radius 3 is 1.84 bits per heavy atom. The van der Waals surface area contributed by atoms with Gasteiger partial charge in [0.05, 0.1) is 16.8 Å². The van der Waals surface area contributed by atoms with Gasteiger partial charge in [0.2, 0.25) is 0 Å². The molecule has 0 atom stereocenters. The van der Waals surface area contributed by atoms with Crippen LogP contribution < -0.4 is 9.64 Å². The maximum absolute atomic E-state index is 13.1. The van der Waals surface area contributed by atoms with Gasteiger partial charge in [-0.1, -0.05) is 109 Å². The average molecular weight is 579 g/mol. The number of anilines is 3. The Morgan fingerprint density at radius 1 is 0.622 bits per heavy atom. The van der Waals surface area contributed by atoms with E-state index in [2.05, 4.69) is 120 Å². The van der Waals surface area contributed by atoms with E-state index in [1.165, 1.54) is 27.8 Å². The molecule has 0 unspecified atom stereocenters. The van der Waals surface area contributed by atoms with Gasteiger partial charge in [-0.15, -0.1) is 0 Å². The SMILES string of the molecule is N#C/C(=C\c1ccc2c(c1)C1(c3ccccc3-c3ccccc31)c1ccccc1N2c1ccccc1)C(=O)Oc1ccccc1. The first-order valence-electron chi connectivity index (χ1n) is 14.9. The molecule has 1 heterocycles.